The summed E-state index contributed by atoms with van der Waals surface area (Å²) in [6.45, 7) is 0. The van der Waals surface area contributed by atoms with Crippen LogP contribution in [0.5, 0.6) is 0 Å². The van der Waals surface area contributed by atoms with Crippen LogP contribution in [0.4, 0.5) is 0 Å². The number of aromatic nitrogens is 2. The predicted molar refractivity (Wildman–Crippen MR) is 60.3 cm³/mol. The fourth-order valence-corrected chi connectivity index (χ4v) is 4.55. The highest BCUT2D eigenvalue weighted by Crippen LogP contribution is 2.71. The van der Waals surface area contributed by atoms with Crippen molar-refractivity contribution in [2.45, 2.75) is 25.3 Å². The quantitative estimate of drug-likeness (QED) is 0.818. The Labute approximate surface area is 95.5 Å². The minimum absolute atomic E-state index is 0.132. The summed E-state index contributed by atoms with van der Waals surface area (Å²) in [6, 6.07) is 0.132. The summed E-state index contributed by atoms with van der Waals surface area (Å²) in [5, 5.41) is 0. The van der Waals surface area contributed by atoms with Crippen LogP contribution in [0.25, 0.3) is 0 Å². The van der Waals surface area contributed by atoms with Crippen LogP contribution in [0.15, 0.2) is 18.6 Å². The van der Waals surface area contributed by atoms with Crippen LogP contribution in [0.3, 0.4) is 0 Å². The van der Waals surface area contributed by atoms with Gasteiger partial charge < -0.3 is 5.73 Å². The number of hydrogen-bond acceptors (Lipinski definition) is 3. The first-order valence-electron chi connectivity index (χ1n) is 6.38. The summed E-state index contributed by atoms with van der Waals surface area (Å²) >= 11 is 0. The fourth-order valence-electron chi connectivity index (χ4n) is 4.55. The van der Waals surface area contributed by atoms with Gasteiger partial charge in [-0.25, -0.2) is 0 Å². The van der Waals surface area contributed by atoms with E-state index in [2.05, 4.69) is 9.97 Å². The normalized spacial score (nSPS) is 45.4. The highest BCUT2D eigenvalue weighted by molar-refractivity contribution is 5.19. The minimum atomic E-state index is 0.132. The van der Waals surface area contributed by atoms with Crippen molar-refractivity contribution in [3.8, 4) is 0 Å². The molecular weight excluding hydrogens is 198 g/mol. The van der Waals surface area contributed by atoms with E-state index in [4.69, 9.17) is 5.73 Å². The van der Waals surface area contributed by atoms with Gasteiger partial charge in [0.15, 0.2) is 0 Å². The first-order chi connectivity index (χ1) is 7.86. The van der Waals surface area contributed by atoms with Gasteiger partial charge in [0, 0.05) is 18.6 Å². The van der Waals surface area contributed by atoms with Gasteiger partial charge in [-0.3, -0.25) is 9.97 Å². The third kappa shape index (κ3) is 1.07. The lowest BCUT2D eigenvalue weighted by atomic mass is 9.96. The van der Waals surface area contributed by atoms with Crippen molar-refractivity contribution in [1.29, 1.82) is 0 Å². The van der Waals surface area contributed by atoms with E-state index >= 15 is 0 Å². The molecule has 3 nitrogen and oxygen atoms in total. The van der Waals surface area contributed by atoms with Gasteiger partial charge in [0.2, 0.25) is 0 Å². The van der Waals surface area contributed by atoms with E-state index in [1.54, 1.807) is 12.4 Å². The fraction of sp³-hybridized carbons (Fsp3) is 0.692. The second-order valence-electron chi connectivity index (χ2n) is 5.72. The molecule has 0 spiro atoms. The molecule has 0 radical (unpaired) electrons. The van der Waals surface area contributed by atoms with Crippen molar-refractivity contribution in [1.82, 2.24) is 9.97 Å². The largest absolute Gasteiger partial charge is 0.322 e. The third-order valence-electron chi connectivity index (χ3n) is 5.13. The summed E-state index contributed by atoms with van der Waals surface area (Å²) in [6.07, 6.45) is 9.69. The van der Waals surface area contributed by atoms with E-state index < -0.39 is 0 Å². The van der Waals surface area contributed by atoms with E-state index in [-0.39, 0.29) is 6.04 Å². The van der Waals surface area contributed by atoms with Crippen molar-refractivity contribution in [2.24, 2.45) is 35.3 Å². The SMILES string of the molecule is NC(c1cnccn1)C1C2C3CCC(C3)C21. The Hall–Kier alpha value is -0.960. The molecule has 16 heavy (non-hydrogen) atoms. The van der Waals surface area contributed by atoms with Crippen molar-refractivity contribution in [3.05, 3.63) is 24.3 Å². The summed E-state index contributed by atoms with van der Waals surface area (Å²) < 4.78 is 0. The molecule has 5 unspecified atom stereocenters. The van der Waals surface area contributed by atoms with Gasteiger partial charge in [-0.1, -0.05) is 0 Å². The van der Waals surface area contributed by atoms with Gasteiger partial charge in [-0.05, 0) is 48.9 Å². The molecule has 0 amide bonds. The zero-order valence-electron chi connectivity index (χ0n) is 9.29. The molecular formula is C13H17N3. The molecule has 3 heteroatoms. The Morgan fingerprint density at radius 2 is 1.94 bits per heavy atom. The van der Waals surface area contributed by atoms with Gasteiger partial charge in [0.25, 0.3) is 0 Å². The number of fused-ring (bicyclic) bond motifs is 5. The number of hydrogen-bond donors (Lipinski definition) is 1. The first kappa shape index (κ1) is 9.11. The zero-order chi connectivity index (χ0) is 10.7. The van der Waals surface area contributed by atoms with Gasteiger partial charge in [-0.2, -0.15) is 0 Å². The molecule has 5 atom stereocenters. The molecule has 2 N–H and O–H groups in total. The third-order valence-corrected chi connectivity index (χ3v) is 5.13. The smallest absolute Gasteiger partial charge is 0.0756 e. The topological polar surface area (TPSA) is 51.8 Å². The van der Waals surface area contributed by atoms with Crippen LogP contribution in [0, 0.1) is 29.6 Å². The van der Waals surface area contributed by atoms with Crippen molar-refractivity contribution < 1.29 is 0 Å². The van der Waals surface area contributed by atoms with Crippen LogP contribution in [0.1, 0.15) is 31.0 Å². The molecule has 2 bridgehead atoms. The summed E-state index contributed by atoms with van der Waals surface area (Å²) in [4.78, 5) is 8.47. The lowest BCUT2D eigenvalue weighted by molar-refractivity contribution is 0.413. The minimum Gasteiger partial charge on any atom is -0.322 e. The monoisotopic (exact) mass is 215 g/mol. The average molecular weight is 215 g/mol. The van der Waals surface area contributed by atoms with Crippen molar-refractivity contribution in [3.63, 3.8) is 0 Å². The first-order valence-corrected chi connectivity index (χ1v) is 6.38. The number of nitrogens with two attached hydrogens (primary N) is 1. The van der Waals surface area contributed by atoms with Crippen molar-refractivity contribution >= 4 is 0 Å². The van der Waals surface area contributed by atoms with E-state index in [9.17, 15) is 0 Å². The molecule has 0 saturated heterocycles. The second-order valence-corrected chi connectivity index (χ2v) is 5.72. The maximum atomic E-state index is 6.34. The van der Waals surface area contributed by atoms with Crippen LogP contribution >= 0.6 is 0 Å². The maximum absolute atomic E-state index is 6.34. The van der Waals surface area contributed by atoms with Crippen molar-refractivity contribution in [2.75, 3.05) is 0 Å². The van der Waals surface area contributed by atoms with Gasteiger partial charge in [-0.15, -0.1) is 0 Å². The molecule has 84 valence electrons. The predicted octanol–water partition coefficient (Wildman–Crippen LogP) is 1.77. The molecule has 0 aromatic carbocycles. The average Bonchev–Trinajstić information content (AvgIpc) is 2.77. The van der Waals surface area contributed by atoms with Gasteiger partial charge >= 0.3 is 0 Å². The molecule has 3 aliphatic carbocycles. The Morgan fingerprint density at radius 1 is 1.19 bits per heavy atom. The van der Waals surface area contributed by atoms with Gasteiger partial charge in [0.05, 0.1) is 11.7 Å². The van der Waals surface area contributed by atoms with Crippen LogP contribution < -0.4 is 5.73 Å². The molecule has 1 aromatic rings. The summed E-state index contributed by atoms with van der Waals surface area (Å²) in [5.41, 5.74) is 7.33. The molecule has 0 aliphatic heterocycles. The number of rotatable bonds is 2. The Bertz CT molecular complexity index is 389. The van der Waals surface area contributed by atoms with Crippen LogP contribution in [-0.2, 0) is 0 Å². The maximum Gasteiger partial charge on any atom is 0.0756 e. The summed E-state index contributed by atoms with van der Waals surface area (Å²) in [5.74, 6) is 4.54. The Morgan fingerprint density at radius 3 is 2.56 bits per heavy atom. The van der Waals surface area contributed by atoms with E-state index in [0.29, 0.717) is 5.92 Å². The molecule has 3 fully saturated rings. The summed E-state index contributed by atoms with van der Waals surface area (Å²) in [7, 11) is 0. The van der Waals surface area contributed by atoms with E-state index in [1.165, 1.54) is 19.3 Å². The van der Waals surface area contributed by atoms with Gasteiger partial charge in [0.1, 0.15) is 0 Å². The molecule has 3 aliphatic rings. The Balaban J connectivity index is 1.57. The molecule has 1 aromatic heterocycles. The van der Waals surface area contributed by atoms with E-state index in [1.807, 2.05) is 6.20 Å². The number of nitrogens with zero attached hydrogens (tertiary/aromatic N) is 2. The molecule has 3 saturated carbocycles. The second kappa shape index (κ2) is 3.04. The lowest BCUT2D eigenvalue weighted by Crippen LogP contribution is -2.18. The Kier molecular flexibility index (Phi) is 1.73. The zero-order valence-corrected chi connectivity index (χ0v) is 9.29. The molecule has 4 rings (SSSR count). The van der Waals surface area contributed by atoms with Crippen LogP contribution in [-0.4, -0.2) is 9.97 Å². The van der Waals surface area contributed by atoms with E-state index in [0.717, 1.165) is 29.4 Å². The van der Waals surface area contributed by atoms with Crippen LogP contribution in [0.2, 0.25) is 0 Å². The highest BCUT2D eigenvalue weighted by Gasteiger charge is 2.66. The lowest BCUT2D eigenvalue weighted by Gasteiger charge is -2.14. The standard InChI is InChI=1S/C13H17N3/c14-13(9-6-15-3-4-16-9)12-10-7-1-2-8(5-7)11(10)12/h3-4,6-8,10-13H,1-2,5,14H2. The molecule has 1 heterocycles. The highest BCUT2D eigenvalue weighted by atomic mass is 14.9.